The lowest BCUT2D eigenvalue weighted by Gasteiger charge is -2.09. The highest BCUT2D eigenvalue weighted by Gasteiger charge is 2.07. The van der Waals surface area contributed by atoms with E-state index in [1.54, 1.807) is 54.6 Å². The van der Waals surface area contributed by atoms with E-state index in [-0.39, 0.29) is 11.5 Å². The van der Waals surface area contributed by atoms with E-state index in [0.29, 0.717) is 28.1 Å². The summed E-state index contributed by atoms with van der Waals surface area (Å²) >= 11 is 0. The summed E-state index contributed by atoms with van der Waals surface area (Å²) in [6.45, 7) is 0. The van der Waals surface area contributed by atoms with Gasteiger partial charge >= 0.3 is 5.63 Å². The second kappa shape index (κ2) is 8.46. The van der Waals surface area contributed by atoms with Crippen molar-refractivity contribution in [2.75, 3.05) is 5.32 Å². The van der Waals surface area contributed by atoms with Gasteiger partial charge in [0.1, 0.15) is 5.58 Å². The molecule has 31 heavy (non-hydrogen) atoms. The molecule has 0 aliphatic heterocycles. The van der Waals surface area contributed by atoms with Gasteiger partial charge in [-0.2, -0.15) is 0 Å². The van der Waals surface area contributed by atoms with Gasteiger partial charge in [-0.05, 0) is 60.2 Å². The predicted molar refractivity (Wildman–Crippen MR) is 119 cm³/mol. The Morgan fingerprint density at radius 2 is 1.68 bits per heavy atom. The molecule has 0 aliphatic carbocycles. The maximum atomic E-state index is 12.4. The van der Waals surface area contributed by atoms with Crippen LogP contribution in [0.25, 0.3) is 17.0 Å². The van der Waals surface area contributed by atoms with E-state index < -0.39 is 10.5 Å². The number of nitrogens with zero attached hydrogens (tertiary/aromatic N) is 1. The van der Waals surface area contributed by atoms with Gasteiger partial charge in [0.05, 0.1) is 10.6 Å². The van der Waals surface area contributed by atoms with Crippen LogP contribution in [-0.2, 0) is 0 Å². The van der Waals surface area contributed by atoms with E-state index in [9.17, 15) is 19.7 Å². The third-order valence-corrected chi connectivity index (χ3v) is 4.63. The molecule has 1 aromatic heterocycles. The summed E-state index contributed by atoms with van der Waals surface area (Å²) in [5, 5.41) is 14.6. The van der Waals surface area contributed by atoms with Gasteiger partial charge in [0.2, 0.25) is 0 Å². The number of benzene rings is 3. The molecule has 7 nitrogen and oxygen atoms in total. The lowest BCUT2D eigenvalue weighted by molar-refractivity contribution is -0.384. The Balaban J connectivity index is 1.49. The molecule has 0 spiro atoms. The quantitative estimate of drug-likeness (QED) is 0.151. The zero-order chi connectivity index (χ0) is 21.8. The lowest BCUT2D eigenvalue weighted by Crippen LogP contribution is -2.01. The molecule has 4 aromatic rings. The zero-order valence-corrected chi connectivity index (χ0v) is 16.1. The predicted octanol–water partition coefficient (Wildman–Crippen LogP) is 5.34. The number of nitro benzene ring substituents is 1. The summed E-state index contributed by atoms with van der Waals surface area (Å²) in [6, 6.07) is 21.4. The molecule has 3 aromatic carbocycles. The minimum Gasteiger partial charge on any atom is -0.423 e. The van der Waals surface area contributed by atoms with Gasteiger partial charge in [-0.1, -0.05) is 18.2 Å². The largest absolute Gasteiger partial charge is 0.423 e. The molecule has 152 valence electrons. The molecule has 0 unspecified atom stereocenters. The Kier molecular flexibility index (Phi) is 5.40. The summed E-state index contributed by atoms with van der Waals surface area (Å²) in [6.07, 6.45) is 3.02. The van der Waals surface area contributed by atoms with Crippen LogP contribution in [0.3, 0.4) is 0 Å². The van der Waals surface area contributed by atoms with Crippen LogP contribution in [0.1, 0.15) is 15.9 Å². The Morgan fingerprint density at radius 3 is 2.39 bits per heavy atom. The summed E-state index contributed by atoms with van der Waals surface area (Å²) in [7, 11) is 0. The van der Waals surface area contributed by atoms with Crippen LogP contribution in [0.5, 0.6) is 0 Å². The number of rotatable bonds is 6. The molecule has 7 heteroatoms. The summed E-state index contributed by atoms with van der Waals surface area (Å²) < 4.78 is 5.19. The normalized spacial score (nSPS) is 11.0. The van der Waals surface area contributed by atoms with Gasteiger partial charge in [0.15, 0.2) is 5.78 Å². The molecule has 0 fully saturated rings. The van der Waals surface area contributed by atoms with Crippen LogP contribution in [0.2, 0.25) is 0 Å². The molecule has 0 aliphatic rings. The van der Waals surface area contributed by atoms with E-state index in [4.69, 9.17) is 4.42 Å². The molecule has 0 bridgehead atoms. The summed E-state index contributed by atoms with van der Waals surface area (Å²) in [4.78, 5) is 34.4. The van der Waals surface area contributed by atoms with E-state index in [2.05, 4.69) is 5.32 Å². The fourth-order valence-corrected chi connectivity index (χ4v) is 3.06. The summed E-state index contributed by atoms with van der Waals surface area (Å²) in [5.41, 5.74) is 2.53. The number of anilines is 2. The van der Waals surface area contributed by atoms with Crippen LogP contribution in [0.4, 0.5) is 17.1 Å². The zero-order valence-electron chi connectivity index (χ0n) is 16.1. The third kappa shape index (κ3) is 4.56. The first-order valence-electron chi connectivity index (χ1n) is 9.36. The molecule has 1 N–H and O–H groups in total. The highest BCUT2D eigenvalue weighted by atomic mass is 16.6. The van der Waals surface area contributed by atoms with E-state index in [1.165, 1.54) is 24.3 Å². The van der Waals surface area contributed by atoms with Crippen molar-refractivity contribution in [2.45, 2.75) is 0 Å². The molecule has 0 radical (unpaired) electrons. The molecule has 0 saturated carbocycles. The molecular weight excluding hydrogens is 396 g/mol. The van der Waals surface area contributed by atoms with Crippen molar-refractivity contribution in [1.29, 1.82) is 0 Å². The van der Waals surface area contributed by atoms with Crippen LogP contribution >= 0.6 is 0 Å². The molecule has 1 heterocycles. The topological polar surface area (TPSA) is 102 Å². The molecule has 0 amide bonds. The number of allylic oxidation sites excluding steroid dienone is 1. The fourth-order valence-electron chi connectivity index (χ4n) is 3.06. The van der Waals surface area contributed by atoms with Crippen LogP contribution < -0.4 is 10.9 Å². The van der Waals surface area contributed by atoms with Crippen LogP contribution in [-0.4, -0.2) is 10.7 Å². The second-order valence-electron chi connectivity index (χ2n) is 6.72. The molecular formula is C24H16N2O5. The number of carbonyl (C=O) groups is 1. The Hall–Kier alpha value is -4.52. The monoisotopic (exact) mass is 412 g/mol. The van der Waals surface area contributed by atoms with E-state index >= 15 is 0 Å². The first-order chi connectivity index (χ1) is 15.0. The van der Waals surface area contributed by atoms with Crippen molar-refractivity contribution in [3.8, 4) is 0 Å². The number of nitro groups is 1. The van der Waals surface area contributed by atoms with Crippen molar-refractivity contribution in [2.24, 2.45) is 0 Å². The van der Waals surface area contributed by atoms with Gasteiger partial charge in [0.25, 0.3) is 5.69 Å². The number of fused-ring (bicyclic) bond motifs is 1. The summed E-state index contributed by atoms with van der Waals surface area (Å²) in [5.74, 6) is -0.198. The van der Waals surface area contributed by atoms with Crippen molar-refractivity contribution in [1.82, 2.24) is 0 Å². The third-order valence-electron chi connectivity index (χ3n) is 4.63. The van der Waals surface area contributed by atoms with Crippen molar-refractivity contribution in [3.63, 3.8) is 0 Å². The number of nitrogens with one attached hydrogen (secondary N) is 1. The first-order valence-corrected chi connectivity index (χ1v) is 9.36. The number of carbonyl (C=O) groups excluding carboxylic acids is 1. The van der Waals surface area contributed by atoms with Crippen molar-refractivity contribution < 1.29 is 14.1 Å². The number of ketones is 1. The Bertz CT molecular complexity index is 1350. The Labute approximate surface area is 176 Å². The number of hydrogen-bond acceptors (Lipinski definition) is 6. The van der Waals surface area contributed by atoms with Gasteiger partial charge in [0, 0.05) is 34.8 Å². The molecule has 4 rings (SSSR count). The Morgan fingerprint density at radius 1 is 0.968 bits per heavy atom. The molecule has 0 saturated heterocycles. The highest BCUT2D eigenvalue weighted by Crippen LogP contribution is 2.25. The SMILES string of the molecule is O=C(/C=C/c1ccc([N+](=O)[O-])cc1)c1ccc(Nc2cc(=O)oc3ccccc23)cc1. The van der Waals surface area contributed by atoms with Crippen LogP contribution in [0, 0.1) is 10.1 Å². The maximum Gasteiger partial charge on any atom is 0.338 e. The lowest BCUT2D eigenvalue weighted by atomic mass is 10.1. The first kappa shape index (κ1) is 19.8. The van der Waals surface area contributed by atoms with Gasteiger partial charge in [-0.15, -0.1) is 0 Å². The smallest absolute Gasteiger partial charge is 0.338 e. The molecule has 0 atom stereocenters. The van der Waals surface area contributed by atoms with E-state index in [1.807, 2.05) is 12.1 Å². The van der Waals surface area contributed by atoms with E-state index in [0.717, 1.165) is 5.39 Å². The number of hydrogen-bond donors (Lipinski definition) is 1. The van der Waals surface area contributed by atoms with Gasteiger partial charge in [-0.3, -0.25) is 14.9 Å². The maximum absolute atomic E-state index is 12.4. The minimum atomic E-state index is -0.473. The minimum absolute atomic E-state index is 0.00414. The van der Waals surface area contributed by atoms with Crippen molar-refractivity contribution >= 4 is 39.9 Å². The van der Waals surface area contributed by atoms with Crippen LogP contribution in [0.15, 0.2) is 94.2 Å². The average Bonchev–Trinajstić information content (AvgIpc) is 2.78. The van der Waals surface area contributed by atoms with Gasteiger partial charge in [-0.25, -0.2) is 4.79 Å². The number of non-ortho nitro benzene ring substituents is 1. The fraction of sp³-hybridized carbons (Fsp3) is 0. The standard InChI is InChI=1S/C24H16N2O5/c27-22(14-7-16-5-12-19(13-6-16)26(29)30)17-8-10-18(11-9-17)25-21-15-24(28)31-23-4-2-1-3-20(21)23/h1-15,25H/b14-7+. The van der Waals surface area contributed by atoms with Crippen molar-refractivity contribution in [3.05, 3.63) is 117 Å². The second-order valence-corrected chi connectivity index (χ2v) is 6.72. The van der Waals surface area contributed by atoms with Gasteiger partial charge < -0.3 is 9.73 Å². The highest BCUT2D eigenvalue weighted by molar-refractivity contribution is 6.07. The number of para-hydroxylation sites is 1. The average molecular weight is 412 g/mol.